The van der Waals surface area contributed by atoms with Gasteiger partial charge in [0.15, 0.2) is 0 Å². The third kappa shape index (κ3) is 2.13. The number of aromatic nitrogens is 2. The van der Waals surface area contributed by atoms with Gasteiger partial charge in [0, 0.05) is 13.2 Å². The van der Waals surface area contributed by atoms with E-state index < -0.39 is 0 Å². The SMILES string of the molecule is CCC(C)(C)C(NN)c1ccn(C)n1. The molecule has 0 saturated carbocycles. The normalized spacial score (nSPS) is 14.4. The van der Waals surface area contributed by atoms with Gasteiger partial charge in [0.05, 0.1) is 11.7 Å². The summed E-state index contributed by atoms with van der Waals surface area (Å²) in [5.41, 5.74) is 3.96. The van der Waals surface area contributed by atoms with Crippen LogP contribution in [0.3, 0.4) is 0 Å². The lowest BCUT2D eigenvalue weighted by molar-refractivity contribution is 0.231. The third-order valence-electron chi connectivity index (χ3n) is 2.89. The van der Waals surface area contributed by atoms with Gasteiger partial charge >= 0.3 is 0 Å². The fraction of sp³-hybridized carbons (Fsp3) is 0.700. The maximum atomic E-state index is 5.58. The van der Waals surface area contributed by atoms with Gasteiger partial charge in [-0.3, -0.25) is 16.0 Å². The Morgan fingerprint density at radius 1 is 1.64 bits per heavy atom. The monoisotopic (exact) mass is 196 g/mol. The van der Waals surface area contributed by atoms with Crippen LogP contribution in [-0.2, 0) is 7.05 Å². The van der Waals surface area contributed by atoms with Gasteiger partial charge in [0.2, 0.25) is 0 Å². The first-order valence-corrected chi connectivity index (χ1v) is 4.97. The zero-order valence-electron chi connectivity index (χ0n) is 9.41. The van der Waals surface area contributed by atoms with Crippen molar-refractivity contribution in [2.45, 2.75) is 33.2 Å². The average Bonchev–Trinajstić information content (AvgIpc) is 2.53. The topological polar surface area (TPSA) is 55.9 Å². The van der Waals surface area contributed by atoms with Gasteiger partial charge in [-0.05, 0) is 17.9 Å². The van der Waals surface area contributed by atoms with Crippen LogP contribution in [0.25, 0.3) is 0 Å². The minimum Gasteiger partial charge on any atom is -0.275 e. The second kappa shape index (κ2) is 4.11. The van der Waals surface area contributed by atoms with Crippen LogP contribution >= 0.6 is 0 Å². The van der Waals surface area contributed by atoms with Crippen molar-refractivity contribution in [3.05, 3.63) is 18.0 Å². The Morgan fingerprint density at radius 2 is 2.29 bits per heavy atom. The molecule has 0 saturated heterocycles. The van der Waals surface area contributed by atoms with Crippen LogP contribution in [0, 0.1) is 5.41 Å². The number of nitrogens with two attached hydrogens (primary N) is 1. The molecule has 4 nitrogen and oxygen atoms in total. The van der Waals surface area contributed by atoms with E-state index >= 15 is 0 Å². The molecule has 4 heteroatoms. The highest BCUT2D eigenvalue weighted by Gasteiger charge is 2.29. The van der Waals surface area contributed by atoms with Gasteiger partial charge in [-0.15, -0.1) is 0 Å². The molecule has 0 aliphatic carbocycles. The van der Waals surface area contributed by atoms with Gasteiger partial charge in [0.1, 0.15) is 0 Å². The largest absolute Gasteiger partial charge is 0.275 e. The van der Waals surface area contributed by atoms with Gasteiger partial charge in [-0.25, -0.2) is 0 Å². The lowest BCUT2D eigenvalue weighted by Crippen LogP contribution is -2.38. The lowest BCUT2D eigenvalue weighted by atomic mass is 9.80. The summed E-state index contributed by atoms with van der Waals surface area (Å²) in [5.74, 6) is 5.58. The van der Waals surface area contributed by atoms with E-state index in [2.05, 4.69) is 31.3 Å². The Hall–Kier alpha value is -0.870. The van der Waals surface area contributed by atoms with Crippen molar-refractivity contribution in [3.63, 3.8) is 0 Å². The van der Waals surface area contributed by atoms with Crippen LogP contribution in [-0.4, -0.2) is 9.78 Å². The summed E-state index contributed by atoms with van der Waals surface area (Å²) >= 11 is 0. The van der Waals surface area contributed by atoms with Crippen molar-refractivity contribution in [3.8, 4) is 0 Å². The quantitative estimate of drug-likeness (QED) is 0.564. The summed E-state index contributed by atoms with van der Waals surface area (Å²) in [6.07, 6.45) is 2.99. The number of rotatable bonds is 4. The van der Waals surface area contributed by atoms with E-state index in [0.717, 1.165) is 12.1 Å². The zero-order valence-corrected chi connectivity index (χ0v) is 9.41. The standard InChI is InChI=1S/C10H20N4/c1-5-10(2,3)9(12-11)8-6-7-14(4)13-8/h6-7,9,12H,5,11H2,1-4H3. The summed E-state index contributed by atoms with van der Waals surface area (Å²) in [5, 5.41) is 4.37. The van der Waals surface area contributed by atoms with E-state index in [-0.39, 0.29) is 11.5 Å². The van der Waals surface area contributed by atoms with Crippen molar-refractivity contribution in [2.75, 3.05) is 0 Å². The highest BCUT2D eigenvalue weighted by molar-refractivity contribution is 5.08. The maximum absolute atomic E-state index is 5.58. The number of hydrazine groups is 1. The first-order chi connectivity index (χ1) is 6.51. The van der Waals surface area contributed by atoms with Crippen molar-refractivity contribution < 1.29 is 0 Å². The Morgan fingerprint density at radius 3 is 2.64 bits per heavy atom. The molecule has 0 bridgehead atoms. The van der Waals surface area contributed by atoms with Crippen molar-refractivity contribution in [1.82, 2.24) is 15.2 Å². The summed E-state index contributed by atoms with van der Waals surface area (Å²) in [4.78, 5) is 0. The minimum atomic E-state index is 0.105. The van der Waals surface area contributed by atoms with Gasteiger partial charge in [0.25, 0.3) is 0 Å². The molecule has 0 aliphatic rings. The van der Waals surface area contributed by atoms with Crippen LogP contribution < -0.4 is 11.3 Å². The summed E-state index contributed by atoms with van der Waals surface area (Å²) < 4.78 is 1.80. The molecule has 0 aliphatic heterocycles. The van der Waals surface area contributed by atoms with Crippen LogP contribution in [0.15, 0.2) is 12.3 Å². The number of hydrogen-bond donors (Lipinski definition) is 2. The zero-order chi connectivity index (χ0) is 10.8. The first kappa shape index (κ1) is 11.2. The highest BCUT2D eigenvalue weighted by atomic mass is 15.3. The third-order valence-corrected chi connectivity index (χ3v) is 2.89. The molecule has 1 heterocycles. The minimum absolute atomic E-state index is 0.105. The molecular weight excluding hydrogens is 176 g/mol. The molecule has 0 amide bonds. The number of aryl methyl sites for hydroxylation is 1. The molecule has 3 N–H and O–H groups in total. The van der Waals surface area contributed by atoms with Gasteiger partial charge < -0.3 is 0 Å². The number of nitrogens with one attached hydrogen (secondary N) is 1. The van der Waals surface area contributed by atoms with Crippen LogP contribution in [0.1, 0.15) is 38.9 Å². The number of hydrogen-bond acceptors (Lipinski definition) is 3. The molecule has 14 heavy (non-hydrogen) atoms. The Kier molecular flexibility index (Phi) is 3.29. The van der Waals surface area contributed by atoms with Crippen molar-refractivity contribution in [2.24, 2.45) is 18.3 Å². The number of nitrogens with zero attached hydrogens (tertiary/aromatic N) is 2. The van der Waals surface area contributed by atoms with Crippen molar-refractivity contribution >= 4 is 0 Å². The first-order valence-electron chi connectivity index (χ1n) is 4.97. The highest BCUT2D eigenvalue weighted by Crippen LogP contribution is 2.34. The molecule has 1 atom stereocenters. The van der Waals surface area contributed by atoms with E-state index in [9.17, 15) is 0 Å². The lowest BCUT2D eigenvalue weighted by Gasteiger charge is -2.31. The molecule has 80 valence electrons. The molecule has 0 radical (unpaired) electrons. The fourth-order valence-corrected chi connectivity index (χ4v) is 1.50. The Bertz CT molecular complexity index is 290. The van der Waals surface area contributed by atoms with E-state index in [1.54, 1.807) is 4.68 Å². The van der Waals surface area contributed by atoms with E-state index in [4.69, 9.17) is 5.84 Å². The van der Waals surface area contributed by atoms with Crippen LogP contribution in [0.5, 0.6) is 0 Å². The van der Waals surface area contributed by atoms with Crippen LogP contribution in [0.4, 0.5) is 0 Å². The fourth-order valence-electron chi connectivity index (χ4n) is 1.50. The second-order valence-electron chi connectivity index (χ2n) is 4.36. The molecule has 1 rings (SSSR count). The van der Waals surface area contributed by atoms with Crippen molar-refractivity contribution in [1.29, 1.82) is 0 Å². The second-order valence-corrected chi connectivity index (χ2v) is 4.36. The molecule has 0 aromatic carbocycles. The average molecular weight is 196 g/mol. The molecule has 1 aromatic heterocycles. The van der Waals surface area contributed by atoms with Gasteiger partial charge in [-0.2, -0.15) is 5.10 Å². The molecular formula is C10H20N4. The smallest absolute Gasteiger partial charge is 0.0812 e. The van der Waals surface area contributed by atoms with E-state index in [1.807, 2.05) is 19.3 Å². The summed E-state index contributed by atoms with van der Waals surface area (Å²) in [7, 11) is 1.91. The predicted octanol–water partition coefficient (Wildman–Crippen LogP) is 1.36. The molecule has 0 fully saturated rings. The van der Waals surface area contributed by atoms with E-state index in [0.29, 0.717) is 0 Å². The van der Waals surface area contributed by atoms with Crippen LogP contribution in [0.2, 0.25) is 0 Å². The molecule has 1 unspecified atom stereocenters. The summed E-state index contributed by atoms with van der Waals surface area (Å²) in [6.45, 7) is 6.53. The predicted molar refractivity (Wildman–Crippen MR) is 57.3 cm³/mol. The van der Waals surface area contributed by atoms with Gasteiger partial charge in [-0.1, -0.05) is 20.8 Å². The molecule has 1 aromatic rings. The van der Waals surface area contributed by atoms with E-state index in [1.165, 1.54) is 0 Å². The Balaban J connectivity index is 2.92. The summed E-state index contributed by atoms with van der Waals surface area (Å²) in [6, 6.07) is 2.11. The maximum Gasteiger partial charge on any atom is 0.0812 e. The molecule has 0 spiro atoms. The Labute approximate surface area is 85.5 Å².